The number of anilines is 1. The molecular weight excluding hydrogens is 359 g/mol. The third-order valence-electron chi connectivity index (χ3n) is 6.28. The normalized spacial score (nSPS) is 19.0. The number of hydrogen-bond donors (Lipinski definition) is 2. The summed E-state index contributed by atoms with van der Waals surface area (Å²) in [5.74, 6) is -1.76. The largest absolute Gasteiger partial charge is 0.477 e. The molecule has 0 aliphatic heterocycles. The van der Waals surface area contributed by atoms with Gasteiger partial charge in [0, 0.05) is 23.7 Å². The van der Waals surface area contributed by atoms with Crippen LogP contribution in [-0.4, -0.2) is 21.7 Å². The number of aromatic nitrogens is 1. The van der Waals surface area contributed by atoms with Crippen molar-refractivity contribution in [3.63, 3.8) is 0 Å². The summed E-state index contributed by atoms with van der Waals surface area (Å²) in [7, 11) is 0. The van der Waals surface area contributed by atoms with Crippen LogP contribution in [0.4, 0.5) is 10.1 Å². The second kappa shape index (κ2) is 7.94. The highest BCUT2D eigenvalue weighted by Gasteiger charge is 2.23. The van der Waals surface area contributed by atoms with Gasteiger partial charge in [-0.25, -0.2) is 9.18 Å². The van der Waals surface area contributed by atoms with Gasteiger partial charge in [0.05, 0.1) is 11.2 Å². The highest BCUT2D eigenvalue weighted by Crippen LogP contribution is 2.33. The highest BCUT2D eigenvalue weighted by molar-refractivity contribution is 5.93. The molecular formula is C22H27FN2O3. The molecule has 0 bridgehead atoms. The number of nitrogens with one attached hydrogen (secondary N) is 1. The molecule has 0 atom stereocenters. The van der Waals surface area contributed by atoms with Crippen molar-refractivity contribution in [3.05, 3.63) is 39.9 Å². The van der Waals surface area contributed by atoms with Crippen molar-refractivity contribution >= 4 is 22.6 Å². The zero-order valence-corrected chi connectivity index (χ0v) is 16.0. The third-order valence-corrected chi connectivity index (χ3v) is 6.28. The Kier molecular flexibility index (Phi) is 5.38. The molecule has 2 aromatic rings. The molecule has 1 aromatic heterocycles. The van der Waals surface area contributed by atoms with Crippen LogP contribution in [0.1, 0.15) is 80.6 Å². The van der Waals surface area contributed by atoms with Crippen molar-refractivity contribution in [1.82, 2.24) is 4.57 Å². The smallest absolute Gasteiger partial charge is 0.341 e. The minimum atomic E-state index is -1.26. The summed E-state index contributed by atoms with van der Waals surface area (Å²) in [6.45, 7) is 0. The molecule has 28 heavy (non-hydrogen) atoms. The maximum absolute atomic E-state index is 14.8. The van der Waals surface area contributed by atoms with Crippen LogP contribution in [0.25, 0.3) is 10.9 Å². The van der Waals surface area contributed by atoms with E-state index in [2.05, 4.69) is 5.32 Å². The first-order valence-corrected chi connectivity index (χ1v) is 10.4. The van der Waals surface area contributed by atoms with Gasteiger partial charge in [0.15, 0.2) is 0 Å². The zero-order valence-electron chi connectivity index (χ0n) is 16.0. The second-order valence-corrected chi connectivity index (χ2v) is 8.20. The van der Waals surface area contributed by atoms with E-state index in [-0.39, 0.29) is 23.0 Å². The summed E-state index contributed by atoms with van der Waals surface area (Å²) in [5, 5.41) is 12.9. The quantitative estimate of drug-likeness (QED) is 0.768. The number of hydrogen-bond acceptors (Lipinski definition) is 3. The highest BCUT2D eigenvalue weighted by atomic mass is 19.1. The molecule has 2 aliphatic rings. The zero-order chi connectivity index (χ0) is 19.7. The molecule has 0 unspecified atom stereocenters. The van der Waals surface area contributed by atoms with E-state index in [1.807, 2.05) is 4.57 Å². The van der Waals surface area contributed by atoms with Gasteiger partial charge >= 0.3 is 5.97 Å². The minimum Gasteiger partial charge on any atom is -0.477 e. The molecule has 0 spiro atoms. The summed E-state index contributed by atoms with van der Waals surface area (Å²) in [5.41, 5.74) is 0.135. The lowest BCUT2D eigenvalue weighted by Gasteiger charge is -2.28. The molecule has 2 saturated carbocycles. The van der Waals surface area contributed by atoms with Gasteiger partial charge in [-0.3, -0.25) is 4.79 Å². The monoisotopic (exact) mass is 386 g/mol. The number of aromatic carboxylic acids is 1. The molecule has 5 nitrogen and oxygen atoms in total. The number of pyridine rings is 1. The lowest BCUT2D eigenvalue weighted by molar-refractivity contribution is 0.0694. The first-order valence-electron chi connectivity index (χ1n) is 10.4. The second-order valence-electron chi connectivity index (χ2n) is 8.20. The number of rotatable bonds is 4. The van der Waals surface area contributed by atoms with Crippen LogP contribution in [-0.2, 0) is 0 Å². The van der Waals surface area contributed by atoms with Crippen molar-refractivity contribution in [2.24, 2.45) is 0 Å². The van der Waals surface area contributed by atoms with E-state index in [9.17, 15) is 19.1 Å². The first kappa shape index (κ1) is 19.0. The van der Waals surface area contributed by atoms with E-state index in [0.717, 1.165) is 51.4 Å². The van der Waals surface area contributed by atoms with E-state index in [1.165, 1.54) is 25.1 Å². The van der Waals surface area contributed by atoms with Gasteiger partial charge in [-0.15, -0.1) is 0 Å². The van der Waals surface area contributed by atoms with Gasteiger partial charge in [-0.2, -0.15) is 0 Å². The Hall–Kier alpha value is -2.37. The number of benzene rings is 1. The predicted octanol–water partition coefficient (Wildman–Crippen LogP) is 5.09. The van der Waals surface area contributed by atoms with E-state index in [1.54, 1.807) is 6.07 Å². The molecule has 6 heteroatoms. The van der Waals surface area contributed by atoms with Gasteiger partial charge in [-0.05, 0) is 37.8 Å². The van der Waals surface area contributed by atoms with Crippen LogP contribution in [0.3, 0.4) is 0 Å². The molecule has 2 fully saturated rings. The number of fused-ring (bicyclic) bond motifs is 1. The van der Waals surface area contributed by atoms with Crippen molar-refractivity contribution in [1.29, 1.82) is 0 Å². The van der Waals surface area contributed by atoms with Crippen LogP contribution in [0.2, 0.25) is 0 Å². The van der Waals surface area contributed by atoms with E-state index >= 15 is 0 Å². The van der Waals surface area contributed by atoms with Crippen molar-refractivity contribution in [2.75, 3.05) is 5.32 Å². The van der Waals surface area contributed by atoms with E-state index in [0.29, 0.717) is 11.2 Å². The number of halogens is 1. The van der Waals surface area contributed by atoms with Crippen LogP contribution in [0.5, 0.6) is 0 Å². The van der Waals surface area contributed by atoms with Crippen molar-refractivity contribution in [2.45, 2.75) is 76.3 Å². The van der Waals surface area contributed by atoms with Crippen LogP contribution in [0, 0.1) is 5.82 Å². The number of carbonyl (C=O) groups is 1. The van der Waals surface area contributed by atoms with Gasteiger partial charge in [0.25, 0.3) is 0 Å². The summed E-state index contributed by atoms with van der Waals surface area (Å²) < 4.78 is 16.7. The average molecular weight is 386 g/mol. The standard InChI is InChI=1S/C22H27FN2O3/c23-18-11-16-20(12-19(18)24-14-7-3-1-4-8-14)25(15-9-5-2-6-10-15)13-17(21(16)26)22(27)28/h11-15,24H,1-10H2,(H,27,28). The molecule has 4 rings (SSSR count). The Morgan fingerprint density at radius 2 is 1.68 bits per heavy atom. The van der Waals surface area contributed by atoms with Crippen molar-refractivity contribution < 1.29 is 14.3 Å². The summed E-state index contributed by atoms with van der Waals surface area (Å²) in [4.78, 5) is 24.3. The van der Waals surface area contributed by atoms with Crippen molar-refractivity contribution in [3.8, 4) is 0 Å². The molecule has 0 saturated heterocycles. The lowest BCUT2D eigenvalue weighted by Crippen LogP contribution is -2.24. The van der Waals surface area contributed by atoms with E-state index < -0.39 is 17.2 Å². The molecule has 150 valence electrons. The van der Waals surface area contributed by atoms with Crippen LogP contribution in [0.15, 0.2) is 23.1 Å². The fraction of sp³-hybridized carbons (Fsp3) is 0.545. The third kappa shape index (κ3) is 3.64. The van der Waals surface area contributed by atoms with Gasteiger partial charge in [-0.1, -0.05) is 38.5 Å². The first-order chi connectivity index (χ1) is 13.5. The van der Waals surface area contributed by atoms with Gasteiger partial charge in [0.1, 0.15) is 11.4 Å². The maximum Gasteiger partial charge on any atom is 0.341 e. The Balaban J connectivity index is 1.83. The summed E-state index contributed by atoms with van der Waals surface area (Å²) in [6, 6.07) is 3.31. The number of nitrogens with zero attached hydrogens (tertiary/aromatic N) is 1. The summed E-state index contributed by atoms with van der Waals surface area (Å²) in [6.07, 6.45) is 12.2. The Morgan fingerprint density at radius 3 is 2.32 bits per heavy atom. The van der Waals surface area contributed by atoms with Crippen LogP contribution >= 0.6 is 0 Å². The maximum atomic E-state index is 14.8. The minimum absolute atomic E-state index is 0.142. The Morgan fingerprint density at radius 1 is 1.04 bits per heavy atom. The topological polar surface area (TPSA) is 71.3 Å². The Bertz CT molecular complexity index is 941. The number of carboxylic acid groups (broad SMARTS) is 1. The molecule has 0 radical (unpaired) electrons. The van der Waals surface area contributed by atoms with Crippen LogP contribution < -0.4 is 10.7 Å². The molecule has 1 heterocycles. The fourth-order valence-corrected chi connectivity index (χ4v) is 4.76. The average Bonchev–Trinajstić information content (AvgIpc) is 2.71. The Labute approximate surface area is 163 Å². The van der Waals surface area contributed by atoms with Gasteiger partial charge < -0.3 is 15.0 Å². The predicted molar refractivity (Wildman–Crippen MR) is 108 cm³/mol. The molecule has 2 N–H and O–H groups in total. The molecule has 2 aliphatic carbocycles. The SMILES string of the molecule is O=C(O)c1cn(C2CCCCC2)c2cc(NC3CCCCC3)c(F)cc2c1=O. The van der Waals surface area contributed by atoms with E-state index in [4.69, 9.17) is 0 Å². The summed E-state index contributed by atoms with van der Waals surface area (Å²) >= 11 is 0. The lowest BCUT2D eigenvalue weighted by atomic mass is 9.94. The van der Waals surface area contributed by atoms with Gasteiger partial charge in [0.2, 0.25) is 5.43 Å². The molecule has 1 aromatic carbocycles. The number of carboxylic acids is 1. The fourth-order valence-electron chi connectivity index (χ4n) is 4.76. The molecule has 0 amide bonds.